The first kappa shape index (κ1) is 24.4. The molecule has 2 unspecified atom stereocenters. The van der Waals surface area contributed by atoms with Gasteiger partial charge in [0.1, 0.15) is 11.8 Å². The lowest BCUT2D eigenvalue weighted by atomic mass is 9.68. The van der Waals surface area contributed by atoms with Crippen LogP contribution in [0.3, 0.4) is 0 Å². The minimum absolute atomic E-state index is 0.399. The average Bonchev–Trinajstić information content (AvgIpc) is 2.69. The minimum atomic E-state index is -6.16. The van der Waals surface area contributed by atoms with Crippen LogP contribution >= 0.6 is 0 Å². The fourth-order valence-electron chi connectivity index (χ4n) is 3.77. The van der Waals surface area contributed by atoms with Gasteiger partial charge in [-0.15, -0.1) is 0 Å². The van der Waals surface area contributed by atoms with E-state index in [-0.39, 0.29) is 0 Å². The van der Waals surface area contributed by atoms with E-state index in [2.05, 4.69) is 9.50 Å². The number of hydrogen-bond donors (Lipinski definition) is 2. The Labute approximate surface area is 186 Å². The summed E-state index contributed by atoms with van der Waals surface area (Å²) >= 11 is 0. The number of para-hydroxylation sites is 1. The largest absolute Gasteiger partial charge is 0.534 e. The zero-order valence-corrected chi connectivity index (χ0v) is 18.1. The molecular formula is C19H19F3N2O8S. The molecule has 2 heterocycles. The van der Waals surface area contributed by atoms with Crippen molar-refractivity contribution in [3.63, 3.8) is 0 Å². The van der Waals surface area contributed by atoms with Crippen LogP contribution in [-0.4, -0.2) is 60.4 Å². The van der Waals surface area contributed by atoms with Gasteiger partial charge in [0.05, 0.1) is 6.04 Å². The lowest BCUT2D eigenvalue weighted by Crippen LogP contribution is -2.76. The molecule has 1 aromatic rings. The number of ether oxygens (including phenoxy) is 1. The molecule has 2 aliphatic rings. The quantitative estimate of drug-likeness (QED) is 0.330. The number of allylic oxidation sites excluding steroid dienone is 1. The molecule has 1 saturated heterocycles. The van der Waals surface area contributed by atoms with Gasteiger partial charge in [-0.2, -0.15) is 21.6 Å². The summed E-state index contributed by atoms with van der Waals surface area (Å²) in [6.07, 6.45) is -0.550. The number of nitrogens with one attached hydrogen (secondary N) is 1. The Morgan fingerprint density at radius 2 is 1.85 bits per heavy atom. The average molecular weight is 492 g/mol. The lowest BCUT2D eigenvalue weighted by molar-refractivity contribution is -0.164. The highest BCUT2D eigenvalue weighted by atomic mass is 32.2. The molecule has 2 amide bonds. The third kappa shape index (κ3) is 4.60. The van der Waals surface area contributed by atoms with Crippen molar-refractivity contribution in [2.75, 3.05) is 6.61 Å². The predicted molar refractivity (Wildman–Crippen MR) is 104 cm³/mol. The zero-order valence-electron chi connectivity index (χ0n) is 17.2. The summed E-state index contributed by atoms with van der Waals surface area (Å²) in [5, 5.41) is 11.9. The fourth-order valence-corrected chi connectivity index (χ4v) is 4.26. The van der Waals surface area contributed by atoms with E-state index in [1.165, 1.54) is 13.8 Å². The Hall–Kier alpha value is -3.29. The highest BCUT2D eigenvalue weighted by molar-refractivity contribution is 7.87. The number of hydrogen-bond acceptors (Lipinski definition) is 7. The first-order valence-electron chi connectivity index (χ1n) is 9.43. The van der Waals surface area contributed by atoms with E-state index < -0.39 is 75.4 Å². The van der Waals surface area contributed by atoms with Gasteiger partial charge in [0.2, 0.25) is 0 Å². The van der Waals surface area contributed by atoms with Crippen molar-refractivity contribution in [2.45, 2.75) is 37.9 Å². The van der Waals surface area contributed by atoms with Gasteiger partial charge in [-0.1, -0.05) is 32.0 Å². The maximum Gasteiger partial charge on any atom is 0.534 e. The number of fused-ring (bicyclic) bond motifs is 1. The monoisotopic (exact) mass is 492 g/mol. The molecule has 1 aromatic carbocycles. The van der Waals surface area contributed by atoms with Crippen LogP contribution in [0.4, 0.5) is 13.2 Å². The van der Waals surface area contributed by atoms with Gasteiger partial charge in [0.15, 0.2) is 18.1 Å². The first-order valence-corrected chi connectivity index (χ1v) is 10.8. The predicted octanol–water partition coefficient (Wildman–Crippen LogP) is 1.35. The van der Waals surface area contributed by atoms with Gasteiger partial charge < -0.3 is 19.3 Å². The van der Waals surface area contributed by atoms with Crippen molar-refractivity contribution in [2.24, 2.45) is 5.41 Å². The molecular weight excluding hydrogens is 473 g/mol. The Morgan fingerprint density at radius 3 is 2.39 bits per heavy atom. The van der Waals surface area contributed by atoms with Crippen LogP contribution in [0.15, 0.2) is 41.8 Å². The molecule has 1 fully saturated rings. The van der Waals surface area contributed by atoms with Crippen molar-refractivity contribution in [3.05, 3.63) is 41.8 Å². The van der Waals surface area contributed by atoms with E-state index >= 15 is 0 Å². The van der Waals surface area contributed by atoms with Crippen LogP contribution in [0.25, 0.3) is 0 Å². The van der Waals surface area contributed by atoms with E-state index in [1.54, 1.807) is 30.3 Å². The van der Waals surface area contributed by atoms with E-state index in [4.69, 9.17) is 4.74 Å². The Bertz CT molecular complexity index is 1120. The molecule has 2 atom stereocenters. The normalized spacial score (nSPS) is 22.2. The third-order valence-corrected chi connectivity index (χ3v) is 6.13. The molecule has 0 bridgehead atoms. The molecule has 2 aliphatic heterocycles. The number of halogens is 3. The highest BCUT2D eigenvalue weighted by Crippen LogP contribution is 2.48. The number of carboxylic acid groups (broad SMARTS) is 1. The topological polar surface area (TPSA) is 139 Å². The molecule has 2 N–H and O–H groups in total. The summed E-state index contributed by atoms with van der Waals surface area (Å²) in [4.78, 5) is 37.3. The van der Waals surface area contributed by atoms with Crippen molar-refractivity contribution in [3.8, 4) is 5.75 Å². The number of aliphatic carboxylic acids is 1. The maximum atomic E-state index is 12.8. The SMILES string of the molecule is CC1(C)CC(OS(=O)(=O)C(F)(F)F)=C(C(=O)O)N2C(=O)C(NC(=O)COc3ccccc3)C21. The molecule has 3 rings (SSSR count). The van der Waals surface area contributed by atoms with Gasteiger partial charge in [-0.25, -0.2) is 4.79 Å². The molecule has 33 heavy (non-hydrogen) atoms. The van der Waals surface area contributed by atoms with E-state index in [9.17, 15) is 41.1 Å². The van der Waals surface area contributed by atoms with Crippen LogP contribution in [-0.2, 0) is 28.7 Å². The molecule has 0 aromatic heterocycles. The summed E-state index contributed by atoms with van der Waals surface area (Å²) in [6.45, 7) is 2.50. The Kier molecular flexibility index (Phi) is 6.08. The van der Waals surface area contributed by atoms with Crippen LogP contribution in [0.1, 0.15) is 20.3 Å². The third-order valence-electron chi connectivity index (χ3n) is 5.15. The number of nitrogens with zero attached hydrogens (tertiary/aromatic N) is 1. The molecule has 0 spiro atoms. The molecule has 10 nitrogen and oxygen atoms in total. The van der Waals surface area contributed by atoms with Crippen LogP contribution in [0.2, 0.25) is 0 Å². The smallest absolute Gasteiger partial charge is 0.484 e. The van der Waals surface area contributed by atoms with E-state index in [0.29, 0.717) is 10.6 Å². The van der Waals surface area contributed by atoms with E-state index in [0.717, 1.165) is 0 Å². The number of benzene rings is 1. The summed E-state index contributed by atoms with van der Waals surface area (Å²) < 4.78 is 70.5. The van der Waals surface area contributed by atoms with E-state index in [1.807, 2.05) is 0 Å². The van der Waals surface area contributed by atoms with Gasteiger partial charge in [0.25, 0.3) is 11.8 Å². The summed E-state index contributed by atoms with van der Waals surface area (Å²) in [5.74, 6) is -4.10. The fraction of sp³-hybridized carbons (Fsp3) is 0.421. The standard InChI is InChI=1S/C19H19F3N2O8S/c1-18(2)8-11(32-33(29,30)19(20,21)22)14(17(27)28)24-15(18)13(16(24)26)23-12(25)9-31-10-6-4-3-5-7-10/h3-7,13,15H,8-9H2,1-2H3,(H,23,25)(H,27,28). The number of carbonyl (C=O) groups is 3. The van der Waals surface area contributed by atoms with Gasteiger partial charge in [0, 0.05) is 6.42 Å². The Morgan fingerprint density at radius 1 is 1.24 bits per heavy atom. The van der Waals surface area contributed by atoms with Crippen molar-refractivity contribution in [1.82, 2.24) is 10.2 Å². The molecule has 0 radical (unpaired) electrons. The second kappa shape index (κ2) is 8.24. The number of β-lactam (4-membered cyclic amide) rings is 1. The minimum Gasteiger partial charge on any atom is -0.484 e. The number of rotatable bonds is 7. The first-order chi connectivity index (χ1) is 15.2. The lowest BCUT2D eigenvalue weighted by Gasteiger charge is -2.56. The maximum absolute atomic E-state index is 12.8. The highest BCUT2D eigenvalue weighted by Gasteiger charge is 2.62. The molecule has 14 heteroatoms. The van der Waals surface area contributed by atoms with Crippen molar-refractivity contribution in [1.29, 1.82) is 0 Å². The second-order valence-electron chi connectivity index (χ2n) is 8.03. The molecule has 180 valence electrons. The van der Waals surface area contributed by atoms with Crippen LogP contribution in [0.5, 0.6) is 5.75 Å². The number of alkyl halides is 3. The second-order valence-corrected chi connectivity index (χ2v) is 9.56. The van der Waals surface area contributed by atoms with Gasteiger partial charge in [-0.3, -0.25) is 14.5 Å². The van der Waals surface area contributed by atoms with Gasteiger partial charge in [-0.05, 0) is 17.5 Å². The summed E-state index contributed by atoms with van der Waals surface area (Å²) in [7, 11) is -6.16. The van der Waals surface area contributed by atoms with Crippen LogP contribution < -0.4 is 10.1 Å². The summed E-state index contributed by atoms with van der Waals surface area (Å²) in [5.41, 5.74) is -7.97. The Balaban J connectivity index is 1.82. The summed E-state index contributed by atoms with van der Waals surface area (Å²) in [6, 6.07) is 6.15. The molecule has 0 aliphatic carbocycles. The van der Waals surface area contributed by atoms with Gasteiger partial charge >= 0.3 is 21.6 Å². The van der Waals surface area contributed by atoms with Crippen molar-refractivity contribution < 1.29 is 50.0 Å². The molecule has 0 saturated carbocycles. The van der Waals surface area contributed by atoms with Crippen LogP contribution in [0, 0.1) is 5.41 Å². The number of carbonyl (C=O) groups excluding carboxylic acids is 2. The number of carboxylic acids is 1. The van der Waals surface area contributed by atoms with Crippen molar-refractivity contribution >= 4 is 27.9 Å². The zero-order chi connectivity index (χ0) is 24.8. The number of amides is 2.